The summed E-state index contributed by atoms with van der Waals surface area (Å²) in [6.45, 7) is -0.0495. The molecule has 0 aromatic carbocycles. The van der Waals surface area contributed by atoms with Crippen LogP contribution in [-0.2, 0) is 14.4 Å². The molecule has 7 heteroatoms. The minimum absolute atomic E-state index is 0.0341. The zero-order chi connectivity index (χ0) is 10.8. The van der Waals surface area contributed by atoms with Gasteiger partial charge in [0.15, 0.2) is 6.10 Å². The molecule has 0 radical (unpaired) electrons. The molecule has 14 heavy (non-hydrogen) atoms. The minimum atomic E-state index is -1.11. The van der Waals surface area contributed by atoms with Gasteiger partial charge in [-0.3, -0.25) is 9.63 Å². The van der Waals surface area contributed by atoms with Crippen LogP contribution >= 0.6 is 0 Å². The van der Waals surface area contributed by atoms with Gasteiger partial charge in [0.2, 0.25) is 6.41 Å². The van der Waals surface area contributed by atoms with Crippen LogP contribution in [-0.4, -0.2) is 42.0 Å². The highest BCUT2D eigenvalue weighted by Gasteiger charge is 2.17. The summed E-state index contributed by atoms with van der Waals surface area (Å²) in [5, 5.41) is 19.3. The molecule has 0 saturated carbocycles. The number of hydrogen-bond donors (Lipinski definition) is 4. The van der Waals surface area contributed by atoms with E-state index in [1.165, 1.54) is 0 Å². The molecule has 0 aromatic rings. The number of aliphatic hydroxyl groups is 1. The smallest absolute Gasteiger partial charge is 0.334 e. The van der Waals surface area contributed by atoms with E-state index in [2.05, 4.69) is 10.8 Å². The van der Waals surface area contributed by atoms with E-state index in [1.807, 2.05) is 0 Å². The summed E-state index contributed by atoms with van der Waals surface area (Å²) in [5.41, 5.74) is 2.27. The SMILES string of the molecule is O=CNCNOC(CCCO)C(=O)O. The lowest BCUT2D eigenvalue weighted by molar-refractivity contribution is -0.157. The van der Waals surface area contributed by atoms with E-state index in [1.54, 1.807) is 0 Å². The average Bonchev–Trinajstić information content (AvgIpc) is 2.16. The van der Waals surface area contributed by atoms with Crippen molar-refractivity contribution in [3.8, 4) is 0 Å². The van der Waals surface area contributed by atoms with Crippen molar-refractivity contribution < 1.29 is 24.6 Å². The van der Waals surface area contributed by atoms with Crippen molar-refractivity contribution in [2.45, 2.75) is 18.9 Å². The topological polar surface area (TPSA) is 108 Å². The third-order valence-corrected chi connectivity index (χ3v) is 1.38. The van der Waals surface area contributed by atoms with Gasteiger partial charge in [0, 0.05) is 6.61 Å². The van der Waals surface area contributed by atoms with Crippen molar-refractivity contribution in [2.24, 2.45) is 0 Å². The molecule has 0 saturated heterocycles. The van der Waals surface area contributed by atoms with Crippen LogP contribution in [0.25, 0.3) is 0 Å². The van der Waals surface area contributed by atoms with Crippen molar-refractivity contribution in [2.75, 3.05) is 13.3 Å². The number of amides is 1. The molecule has 4 N–H and O–H groups in total. The molecule has 0 heterocycles. The van der Waals surface area contributed by atoms with Gasteiger partial charge >= 0.3 is 5.97 Å². The zero-order valence-electron chi connectivity index (χ0n) is 7.60. The van der Waals surface area contributed by atoms with Crippen LogP contribution in [0.15, 0.2) is 0 Å². The fourth-order valence-electron chi connectivity index (χ4n) is 0.735. The summed E-state index contributed by atoms with van der Waals surface area (Å²) in [5.74, 6) is -1.11. The van der Waals surface area contributed by atoms with Gasteiger partial charge in [-0.25, -0.2) is 4.79 Å². The van der Waals surface area contributed by atoms with E-state index < -0.39 is 12.1 Å². The molecular formula is C7H14N2O5. The Morgan fingerprint density at radius 2 is 2.29 bits per heavy atom. The van der Waals surface area contributed by atoms with Crippen LogP contribution in [0.3, 0.4) is 0 Å². The molecule has 1 atom stereocenters. The summed E-state index contributed by atoms with van der Waals surface area (Å²) < 4.78 is 0. The van der Waals surface area contributed by atoms with E-state index in [0.29, 0.717) is 12.8 Å². The molecule has 1 unspecified atom stereocenters. The fourth-order valence-corrected chi connectivity index (χ4v) is 0.735. The number of carbonyl (C=O) groups is 2. The first-order chi connectivity index (χ1) is 6.72. The molecular weight excluding hydrogens is 192 g/mol. The Morgan fingerprint density at radius 1 is 1.57 bits per heavy atom. The molecule has 0 aliphatic carbocycles. The number of aliphatic carboxylic acids is 1. The van der Waals surface area contributed by atoms with Crippen LogP contribution in [0.1, 0.15) is 12.8 Å². The first-order valence-electron chi connectivity index (χ1n) is 4.11. The maximum atomic E-state index is 10.5. The summed E-state index contributed by atoms with van der Waals surface area (Å²) in [6.07, 6.45) is -0.00453. The number of nitrogens with one attached hydrogen (secondary N) is 2. The molecule has 0 fully saturated rings. The molecule has 82 valence electrons. The molecule has 0 bridgehead atoms. The lowest BCUT2D eigenvalue weighted by Crippen LogP contribution is -2.35. The van der Waals surface area contributed by atoms with Crippen molar-refractivity contribution in [3.63, 3.8) is 0 Å². The van der Waals surface area contributed by atoms with Crippen molar-refractivity contribution in [1.29, 1.82) is 0 Å². The van der Waals surface area contributed by atoms with E-state index in [4.69, 9.17) is 15.1 Å². The number of carboxylic acid groups (broad SMARTS) is 1. The summed E-state index contributed by atoms with van der Waals surface area (Å²) in [4.78, 5) is 25.1. The van der Waals surface area contributed by atoms with Crippen LogP contribution < -0.4 is 10.8 Å². The number of aliphatic hydroxyl groups excluding tert-OH is 1. The summed E-state index contributed by atoms with van der Waals surface area (Å²) in [7, 11) is 0. The molecule has 0 aromatic heterocycles. The van der Waals surface area contributed by atoms with Gasteiger partial charge in [0.25, 0.3) is 0 Å². The lowest BCUT2D eigenvalue weighted by Gasteiger charge is -2.12. The Labute approximate surface area is 81.0 Å². The van der Waals surface area contributed by atoms with Crippen LogP contribution in [0.5, 0.6) is 0 Å². The van der Waals surface area contributed by atoms with Crippen molar-refractivity contribution in [3.05, 3.63) is 0 Å². The van der Waals surface area contributed by atoms with E-state index in [-0.39, 0.29) is 19.7 Å². The Hall–Kier alpha value is -1.18. The highest BCUT2D eigenvalue weighted by molar-refractivity contribution is 5.72. The number of carboxylic acids is 1. The summed E-state index contributed by atoms with van der Waals surface area (Å²) >= 11 is 0. The van der Waals surface area contributed by atoms with Crippen LogP contribution in [0.4, 0.5) is 0 Å². The second kappa shape index (κ2) is 8.42. The monoisotopic (exact) mass is 206 g/mol. The van der Waals surface area contributed by atoms with Gasteiger partial charge in [0.1, 0.15) is 0 Å². The van der Waals surface area contributed by atoms with Gasteiger partial charge in [-0.05, 0) is 12.8 Å². The Bertz CT molecular complexity index is 175. The van der Waals surface area contributed by atoms with E-state index in [0.717, 1.165) is 0 Å². The quantitative estimate of drug-likeness (QED) is 0.157. The van der Waals surface area contributed by atoms with Crippen LogP contribution in [0.2, 0.25) is 0 Å². The Balaban J connectivity index is 3.62. The second-order valence-electron chi connectivity index (χ2n) is 2.45. The normalized spacial score (nSPS) is 12.1. The average molecular weight is 206 g/mol. The van der Waals surface area contributed by atoms with Crippen molar-refractivity contribution in [1.82, 2.24) is 10.8 Å². The second-order valence-corrected chi connectivity index (χ2v) is 2.45. The molecule has 0 rings (SSSR count). The first kappa shape index (κ1) is 12.8. The first-order valence-corrected chi connectivity index (χ1v) is 4.11. The standard InChI is InChI=1S/C7H14N2O5/c10-3-1-2-6(7(12)13)14-9-4-8-5-11/h5-6,9-10H,1-4H2,(H,8,11)(H,12,13). The third-order valence-electron chi connectivity index (χ3n) is 1.38. The Morgan fingerprint density at radius 3 is 2.79 bits per heavy atom. The lowest BCUT2D eigenvalue weighted by atomic mass is 10.2. The fraction of sp³-hybridized carbons (Fsp3) is 0.714. The van der Waals surface area contributed by atoms with Crippen LogP contribution in [0, 0.1) is 0 Å². The number of hydroxylamine groups is 1. The highest BCUT2D eigenvalue weighted by Crippen LogP contribution is 2.00. The minimum Gasteiger partial charge on any atom is -0.479 e. The molecule has 1 amide bonds. The van der Waals surface area contributed by atoms with Gasteiger partial charge in [0.05, 0.1) is 6.67 Å². The molecule has 0 aliphatic rings. The third kappa shape index (κ3) is 6.35. The van der Waals surface area contributed by atoms with Gasteiger partial charge in [-0.2, -0.15) is 5.48 Å². The highest BCUT2D eigenvalue weighted by atomic mass is 16.7. The number of hydrogen-bond acceptors (Lipinski definition) is 5. The van der Waals surface area contributed by atoms with Crippen molar-refractivity contribution >= 4 is 12.4 Å². The maximum absolute atomic E-state index is 10.5. The van der Waals surface area contributed by atoms with Gasteiger partial charge in [-0.15, -0.1) is 0 Å². The largest absolute Gasteiger partial charge is 0.479 e. The molecule has 0 aliphatic heterocycles. The van der Waals surface area contributed by atoms with E-state index in [9.17, 15) is 9.59 Å². The number of rotatable bonds is 9. The summed E-state index contributed by atoms with van der Waals surface area (Å²) in [6, 6.07) is 0. The predicted octanol–water partition coefficient (Wildman–Crippen LogP) is -1.56. The maximum Gasteiger partial charge on any atom is 0.334 e. The van der Waals surface area contributed by atoms with E-state index >= 15 is 0 Å². The van der Waals surface area contributed by atoms with Gasteiger partial charge < -0.3 is 15.5 Å². The molecule has 0 spiro atoms. The Kier molecular flexibility index (Phi) is 7.71. The predicted molar refractivity (Wildman–Crippen MR) is 46.0 cm³/mol. The molecule has 7 nitrogen and oxygen atoms in total. The van der Waals surface area contributed by atoms with Gasteiger partial charge in [-0.1, -0.05) is 0 Å². The zero-order valence-corrected chi connectivity index (χ0v) is 7.60. The number of carbonyl (C=O) groups excluding carboxylic acids is 1.